The average molecular weight is 470 g/mol. The Morgan fingerprint density at radius 3 is 2.67 bits per heavy atom. The molecule has 0 aliphatic carbocycles. The van der Waals surface area contributed by atoms with Gasteiger partial charge in [-0.2, -0.15) is 0 Å². The van der Waals surface area contributed by atoms with Gasteiger partial charge in [-0.25, -0.2) is 14.4 Å². The van der Waals surface area contributed by atoms with Crippen LogP contribution in [0.5, 0.6) is 11.6 Å². The van der Waals surface area contributed by atoms with E-state index in [1.54, 1.807) is 36.8 Å². The first-order valence-corrected chi connectivity index (χ1v) is 10.7. The van der Waals surface area contributed by atoms with Crippen LogP contribution in [0.25, 0.3) is 11.1 Å². The number of nitrogens with zero attached hydrogens (tertiary/aromatic N) is 5. The lowest BCUT2D eigenvalue weighted by Crippen LogP contribution is -2.38. The second-order valence-corrected chi connectivity index (χ2v) is 7.68. The summed E-state index contributed by atoms with van der Waals surface area (Å²) in [5.41, 5.74) is 2.59. The maximum Gasteiger partial charge on any atom is 0.272 e. The smallest absolute Gasteiger partial charge is 0.272 e. The van der Waals surface area contributed by atoms with Crippen LogP contribution in [-0.2, 0) is 11.3 Å². The first kappa shape index (κ1) is 22.8. The number of carbonyl (C=O) groups excluding carboxylic acids is 1. The van der Waals surface area contributed by atoms with E-state index in [2.05, 4.69) is 15.0 Å². The van der Waals surface area contributed by atoms with Gasteiger partial charge in [-0.15, -0.1) is 0 Å². The molecule has 0 bridgehead atoms. The molecule has 0 atom stereocenters. The predicted molar refractivity (Wildman–Crippen MR) is 124 cm³/mol. The van der Waals surface area contributed by atoms with E-state index in [0.717, 1.165) is 15.5 Å². The minimum Gasteiger partial charge on any atom is -0.491 e. The van der Waals surface area contributed by atoms with Crippen molar-refractivity contribution in [3.05, 3.63) is 60.2 Å². The van der Waals surface area contributed by atoms with Gasteiger partial charge in [0.15, 0.2) is 5.75 Å². The Morgan fingerprint density at radius 1 is 1.15 bits per heavy atom. The van der Waals surface area contributed by atoms with Crippen LogP contribution in [-0.4, -0.2) is 65.8 Å². The molecular weight excluding hydrogens is 446 g/mol. The van der Waals surface area contributed by atoms with Crippen LogP contribution < -0.4 is 14.4 Å². The molecule has 4 rings (SSSR count). The van der Waals surface area contributed by atoms with E-state index in [1.807, 2.05) is 17.0 Å². The quantitative estimate of drug-likeness (QED) is 0.487. The van der Waals surface area contributed by atoms with Gasteiger partial charge in [-0.1, -0.05) is 6.07 Å². The third-order valence-corrected chi connectivity index (χ3v) is 5.49. The molecule has 33 heavy (non-hydrogen) atoms. The number of rotatable bonds is 7. The standard InChI is InChI=1S/C23H24ClN5O4/c1-31-20-6-5-18(27-22(20)32-2)15-29(24)23(30)19-12-17(16-4-3-7-25-13-16)14-26-21(19)28-8-10-33-11-9-28/h3-7,12-14H,8-11,15H2,1-2H3. The predicted octanol–water partition coefficient (Wildman–Crippen LogP) is 3.19. The third-order valence-electron chi connectivity index (χ3n) is 5.22. The lowest BCUT2D eigenvalue weighted by Gasteiger charge is -2.30. The SMILES string of the molecule is COc1ccc(CN(Cl)C(=O)c2cc(-c3cccnc3)cnc2N2CCOCC2)nc1OC. The number of morpholine rings is 1. The van der Waals surface area contributed by atoms with Gasteiger partial charge < -0.3 is 19.1 Å². The van der Waals surface area contributed by atoms with Gasteiger partial charge in [0, 0.05) is 54.6 Å². The van der Waals surface area contributed by atoms with Gasteiger partial charge in [-0.05, 0) is 24.3 Å². The molecule has 3 aromatic heterocycles. The van der Waals surface area contributed by atoms with Crippen molar-refractivity contribution < 1.29 is 19.0 Å². The zero-order valence-corrected chi connectivity index (χ0v) is 19.2. The summed E-state index contributed by atoms with van der Waals surface area (Å²) in [5.74, 6) is 1.01. The number of aromatic nitrogens is 3. The van der Waals surface area contributed by atoms with Crippen molar-refractivity contribution in [2.75, 3.05) is 45.4 Å². The Labute approximate surface area is 197 Å². The highest BCUT2D eigenvalue weighted by atomic mass is 35.5. The molecule has 1 amide bonds. The number of methoxy groups -OCH3 is 2. The normalized spacial score (nSPS) is 13.5. The lowest BCUT2D eigenvalue weighted by atomic mass is 10.1. The Hall–Kier alpha value is -3.43. The van der Waals surface area contributed by atoms with Crippen LogP contribution in [0.15, 0.2) is 48.9 Å². The molecule has 1 fully saturated rings. The summed E-state index contributed by atoms with van der Waals surface area (Å²) in [4.78, 5) is 28.7. The summed E-state index contributed by atoms with van der Waals surface area (Å²) in [6.07, 6.45) is 5.17. The van der Waals surface area contributed by atoms with Crippen LogP contribution in [0.1, 0.15) is 16.1 Å². The number of hydrogen-bond donors (Lipinski definition) is 0. The van der Waals surface area contributed by atoms with Gasteiger partial charge in [0.2, 0.25) is 0 Å². The fourth-order valence-electron chi connectivity index (χ4n) is 3.53. The summed E-state index contributed by atoms with van der Waals surface area (Å²) < 4.78 is 17.0. The number of halogens is 1. The maximum atomic E-state index is 13.5. The molecule has 172 valence electrons. The molecule has 1 aliphatic heterocycles. The molecule has 9 nitrogen and oxygen atoms in total. The molecule has 0 N–H and O–H groups in total. The Morgan fingerprint density at radius 2 is 1.97 bits per heavy atom. The second kappa shape index (κ2) is 10.5. The van der Waals surface area contributed by atoms with Crippen molar-refractivity contribution in [1.29, 1.82) is 0 Å². The first-order valence-electron chi connectivity index (χ1n) is 10.4. The highest BCUT2D eigenvalue weighted by Crippen LogP contribution is 2.29. The van der Waals surface area contributed by atoms with Crippen molar-refractivity contribution in [1.82, 2.24) is 19.4 Å². The second-order valence-electron chi connectivity index (χ2n) is 7.28. The fourth-order valence-corrected chi connectivity index (χ4v) is 3.75. The van der Waals surface area contributed by atoms with E-state index in [-0.39, 0.29) is 12.5 Å². The van der Waals surface area contributed by atoms with Gasteiger partial charge in [-0.3, -0.25) is 9.78 Å². The number of amides is 1. The largest absolute Gasteiger partial charge is 0.491 e. The van der Waals surface area contributed by atoms with E-state index in [1.165, 1.54) is 14.2 Å². The van der Waals surface area contributed by atoms with E-state index >= 15 is 0 Å². The fraction of sp³-hybridized carbons (Fsp3) is 0.304. The van der Waals surface area contributed by atoms with Gasteiger partial charge in [0.05, 0.1) is 45.2 Å². The molecule has 0 saturated carbocycles. The molecule has 0 radical (unpaired) electrons. The first-order chi connectivity index (χ1) is 16.1. The zero-order valence-electron chi connectivity index (χ0n) is 18.4. The minimum absolute atomic E-state index is 0.0699. The number of anilines is 1. The third kappa shape index (κ3) is 5.15. The number of carbonyl (C=O) groups is 1. The molecule has 1 aliphatic rings. The van der Waals surface area contributed by atoms with Gasteiger partial charge >= 0.3 is 0 Å². The highest BCUT2D eigenvalue weighted by Gasteiger charge is 2.25. The number of hydrogen-bond acceptors (Lipinski definition) is 8. The molecule has 3 aromatic rings. The van der Waals surface area contributed by atoms with E-state index in [9.17, 15) is 4.79 Å². The number of ether oxygens (including phenoxy) is 3. The summed E-state index contributed by atoms with van der Waals surface area (Å²) >= 11 is 6.47. The van der Waals surface area contributed by atoms with Crippen LogP contribution in [0, 0.1) is 0 Å². The molecule has 10 heteroatoms. The summed E-state index contributed by atoms with van der Waals surface area (Å²) in [6, 6.07) is 9.01. The van der Waals surface area contributed by atoms with Gasteiger partial charge in [0.25, 0.3) is 11.8 Å². The van der Waals surface area contributed by atoms with Crippen molar-refractivity contribution in [2.24, 2.45) is 0 Å². The Kier molecular flexibility index (Phi) is 7.21. The van der Waals surface area contributed by atoms with Crippen molar-refractivity contribution in [3.8, 4) is 22.8 Å². The zero-order chi connectivity index (χ0) is 23.2. The van der Waals surface area contributed by atoms with Crippen LogP contribution in [0.3, 0.4) is 0 Å². The minimum atomic E-state index is -0.381. The van der Waals surface area contributed by atoms with Crippen molar-refractivity contribution in [2.45, 2.75) is 6.54 Å². The molecule has 0 spiro atoms. The topological polar surface area (TPSA) is 89.9 Å². The van der Waals surface area contributed by atoms with Crippen molar-refractivity contribution in [3.63, 3.8) is 0 Å². The molecule has 0 aromatic carbocycles. The average Bonchev–Trinajstić information content (AvgIpc) is 2.88. The van der Waals surface area contributed by atoms with Gasteiger partial charge in [0.1, 0.15) is 5.82 Å². The summed E-state index contributed by atoms with van der Waals surface area (Å²) in [6.45, 7) is 2.48. The molecular formula is C23H24ClN5O4. The van der Waals surface area contributed by atoms with E-state index in [4.69, 9.17) is 26.0 Å². The molecule has 4 heterocycles. The maximum absolute atomic E-state index is 13.5. The highest BCUT2D eigenvalue weighted by molar-refractivity contribution is 6.24. The molecule has 1 saturated heterocycles. The Balaban J connectivity index is 1.65. The number of pyridine rings is 3. The molecule has 0 unspecified atom stereocenters. The van der Waals surface area contributed by atoms with E-state index < -0.39 is 0 Å². The van der Waals surface area contributed by atoms with E-state index in [0.29, 0.717) is 55.0 Å². The lowest BCUT2D eigenvalue weighted by molar-refractivity contribution is 0.0854. The summed E-state index contributed by atoms with van der Waals surface area (Å²) in [5, 5.41) is 0. The monoisotopic (exact) mass is 469 g/mol. The van der Waals surface area contributed by atoms with Crippen LogP contribution >= 0.6 is 11.8 Å². The van der Waals surface area contributed by atoms with Crippen molar-refractivity contribution >= 4 is 23.5 Å². The van der Waals surface area contributed by atoms with Crippen LogP contribution in [0.2, 0.25) is 0 Å². The summed E-state index contributed by atoms with van der Waals surface area (Å²) in [7, 11) is 3.04. The van der Waals surface area contributed by atoms with Crippen LogP contribution in [0.4, 0.5) is 5.82 Å². The Bertz CT molecular complexity index is 1110.